The molecule has 1 aliphatic carbocycles. The van der Waals surface area contributed by atoms with Crippen molar-refractivity contribution in [1.29, 1.82) is 0 Å². The summed E-state index contributed by atoms with van der Waals surface area (Å²) in [6.45, 7) is 4.40. The third kappa shape index (κ3) is 2.99. The smallest absolute Gasteiger partial charge is 0.145 e. The van der Waals surface area contributed by atoms with Crippen molar-refractivity contribution < 1.29 is 14.2 Å². The molecule has 5 heteroatoms. The largest absolute Gasteiger partial charge is 0.491 e. The van der Waals surface area contributed by atoms with Crippen LogP contribution in [0.15, 0.2) is 36.4 Å². The minimum absolute atomic E-state index is 0.0462. The second-order valence-corrected chi connectivity index (χ2v) is 7.80. The number of aryl methyl sites for hydroxylation is 1. The van der Waals surface area contributed by atoms with E-state index in [0.717, 1.165) is 68.9 Å². The Hall–Kier alpha value is -2.11. The van der Waals surface area contributed by atoms with Gasteiger partial charge < -0.3 is 14.7 Å². The number of halogens is 1. The lowest BCUT2D eigenvalue weighted by Crippen LogP contribution is -2.51. The van der Waals surface area contributed by atoms with E-state index in [1.807, 2.05) is 0 Å². The second kappa shape index (κ2) is 6.80. The molecule has 0 aromatic heterocycles. The van der Waals surface area contributed by atoms with Crippen molar-refractivity contribution in [2.45, 2.75) is 31.4 Å². The van der Waals surface area contributed by atoms with E-state index in [4.69, 9.17) is 4.74 Å². The number of piperazine rings is 1. The molecule has 0 radical (unpaired) electrons. The van der Waals surface area contributed by atoms with Crippen molar-refractivity contribution in [2.24, 2.45) is 0 Å². The number of aliphatic hydroxyl groups is 1. The van der Waals surface area contributed by atoms with E-state index in [-0.39, 0.29) is 11.9 Å². The van der Waals surface area contributed by atoms with Crippen molar-refractivity contribution in [3.63, 3.8) is 0 Å². The highest BCUT2D eigenvalue weighted by Gasteiger charge is 2.37. The Morgan fingerprint density at radius 1 is 1.04 bits per heavy atom. The summed E-state index contributed by atoms with van der Waals surface area (Å²) in [7, 11) is 0. The van der Waals surface area contributed by atoms with Gasteiger partial charge in [-0.25, -0.2) is 4.39 Å². The van der Waals surface area contributed by atoms with Crippen molar-refractivity contribution in [3.8, 4) is 5.75 Å². The summed E-state index contributed by atoms with van der Waals surface area (Å²) in [4.78, 5) is 4.75. The highest BCUT2D eigenvalue weighted by molar-refractivity contribution is 5.63. The van der Waals surface area contributed by atoms with Crippen LogP contribution in [0.2, 0.25) is 0 Å². The average Bonchev–Trinajstić information content (AvgIpc) is 3.03. The number of aliphatic hydroxyl groups excluding tert-OH is 1. The number of para-hydroxylation sites is 1. The molecular formula is C22H25FN2O2. The SMILES string of the molecule is O[C@H]1c2ccc(F)cc2C[C@H]1N1CCN(c2cccc3c2OCCC3)CC1. The van der Waals surface area contributed by atoms with Crippen LogP contribution in [-0.2, 0) is 12.8 Å². The molecule has 2 aromatic rings. The van der Waals surface area contributed by atoms with Crippen LogP contribution in [0.1, 0.15) is 29.2 Å². The van der Waals surface area contributed by atoms with E-state index in [1.54, 1.807) is 12.1 Å². The van der Waals surface area contributed by atoms with Gasteiger partial charge in [0.05, 0.1) is 18.4 Å². The van der Waals surface area contributed by atoms with Gasteiger partial charge in [0.2, 0.25) is 0 Å². The number of hydrogen-bond acceptors (Lipinski definition) is 4. The zero-order valence-electron chi connectivity index (χ0n) is 15.4. The fraction of sp³-hybridized carbons (Fsp3) is 0.455. The predicted octanol–water partition coefficient (Wildman–Crippen LogP) is 2.93. The van der Waals surface area contributed by atoms with Crippen LogP contribution in [0, 0.1) is 5.82 Å². The van der Waals surface area contributed by atoms with Crippen LogP contribution in [0.25, 0.3) is 0 Å². The Morgan fingerprint density at radius 3 is 2.74 bits per heavy atom. The molecule has 1 N–H and O–H groups in total. The van der Waals surface area contributed by atoms with Crippen LogP contribution < -0.4 is 9.64 Å². The molecule has 4 nitrogen and oxygen atoms in total. The predicted molar refractivity (Wildman–Crippen MR) is 103 cm³/mol. The molecule has 3 aliphatic rings. The lowest BCUT2D eigenvalue weighted by atomic mass is 10.0. The summed E-state index contributed by atoms with van der Waals surface area (Å²) < 4.78 is 19.5. The Balaban J connectivity index is 1.29. The zero-order chi connectivity index (χ0) is 18.4. The van der Waals surface area contributed by atoms with Gasteiger partial charge in [-0.15, -0.1) is 0 Å². The third-order valence-corrected chi connectivity index (χ3v) is 6.25. The summed E-state index contributed by atoms with van der Waals surface area (Å²) in [5.41, 5.74) is 4.34. The molecule has 1 fully saturated rings. The second-order valence-electron chi connectivity index (χ2n) is 7.80. The van der Waals surface area contributed by atoms with Crippen LogP contribution in [0.5, 0.6) is 5.75 Å². The molecule has 0 saturated carbocycles. The number of hydrogen-bond donors (Lipinski definition) is 1. The summed E-state index contributed by atoms with van der Waals surface area (Å²) in [5.74, 6) is 0.834. The van der Waals surface area contributed by atoms with Gasteiger partial charge in [0.15, 0.2) is 0 Å². The van der Waals surface area contributed by atoms with E-state index < -0.39 is 6.10 Å². The van der Waals surface area contributed by atoms with Crippen molar-refractivity contribution >= 4 is 5.69 Å². The first-order valence-electron chi connectivity index (χ1n) is 9.91. The maximum atomic E-state index is 13.5. The molecule has 2 heterocycles. The Labute approximate surface area is 159 Å². The molecule has 2 aromatic carbocycles. The normalized spacial score (nSPS) is 25.0. The summed E-state index contributed by atoms with van der Waals surface area (Å²) >= 11 is 0. The van der Waals surface area contributed by atoms with Crippen LogP contribution in [0.4, 0.5) is 10.1 Å². The maximum absolute atomic E-state index is 13.5. The standard InChI is InChI=1S/C22H25FN2O2/c23-17-6-7-18-16(13-17)14-20(21(18)26)25-10-8-24(9-11-25)19-5-1-3-15-4-2-12-27-22(15)19/h1,3,5-7,13,20-21,26H,2,4,8-12,14H2/t20-,21+/m1/s1. The van der Waals surface area contributed by atoms with Gasteiger partial charge in [0, 0.05) is 32.2 Å². The van der Waals surface area contributed by atoms with Gasteiger partial charge in [-0.05, 0) is 54.2 Å². The van der Waals surface area contributed by atoms with Gasteiger partial charge in [-0.1, -0.05) is 18.2 Å². The topological polar surface area (TPSA) is 35.9 Å². The number of rotatable bonds is 2. The molecular weight excluding hydrogens is 343 g/mol. The molecule has 142 valence electrons. The molecule has 2 aliphatic heterocycles. The third-order valence-electron chi connectivity index (χ3n) is 6.25. The maximum Gasteiger partial charge on any atom is 0.145 e. The molecule has 1 saturated heterocycles. The van der Waals surface area contributed by atoms with E-state index >= 15 is 0 Å². The van der Waals surface area contributed by atoms with E-state index in [2.05, 4.69) is 28.0 Å². The fourth-order valence-electron chi connectivity index (χ4n) is 4.83. The first-order chi connectivity index (χ1) is 13.2. The quantitative estimate of drug-likeness (QED) is 0.884. The molecule has 27 heavy (non-hydrogen) atoms. The number of benzene rings is 2. The number of fused-ring (bicyclic) bond motifs is 2. The number of nitrogens with zero attached hydrogens (tertiary/aromatic N) is 2. The summed E-state index contributed by atoms with van der Waals surface area (Å²) in [6, 6.07) is 11.2. The Morgan fingerprint density at radius 2 is 1.89 bits per heavy atom. The fourth-order valence-corrected chi connectivity index (χ4v) is 4.83. The van der Waals surface area contributed by atoms with E-state index in [9.17, 15) is 9.50 Å². The number of anilines is 1. The van der Waals surface area contributed by atoms with Crippen molar-refractivity contribution in [3.05, 3.63) is 58.9 Å². The minimum Gasteiger partial charge on any atom is -0.491 e. The molecule has 0 amide bonds. The van der Waals surface area contributed by atoms with Gasteiger partial charge >= 0.3 is 0 Å². The monoisotopic (exact) mass is 368 g/mol. The lowest BCUT2D eigenvalue weighted by Gasteiger charge is -2.40. The van der Waals surface area contributed by atoms with Gasteiger partial charge in [0.25, 0.3) is 0 Å². The van der Waals surface area contributed by atoms with Crippen molar-refractivity contribution in [2.75, 3.05) is 37.7 Å². The molecule has 5 rings (SSSR count). The van der Waals surface area contributed by atoms with E-state index in [0.29, 0.717) is 0 Å². The van der Waals surface area contributed by atoms with Crippen molar-refractivity contribution in [1.82, 2.24) is 4.90 Å². The van der Waals surface area contributed by atoms with Crippen LogP contribution in [-0.4, -0.2) is 48.8 Å². The highest BCUT2D eigenvalue weighted by atomic mass is 19.1. The Kier molecular flexibility index (Phi) is 4.29. The highest BCUT2D eigenvalue weighted by Crippen LogP contribution is 2.38. The molecule has 0 unspecified atom stereocenters. The number of ether oxygens (including phenoxy) is 1. The summed E-state index contributed by atoms with van der Waals surface area (Å²) in [6.07, 6.45) is 2.37. The molecule has 0 bridgehead atoms. The Bertz CT molecular complexity index is 848. The zero-order valence-corrected chi connectivity index (χ0v) is 15.4. The van der Waals surface area contributed by atoms with Gasteiger partial charge in [-0.3, -0.25) is 4.90 Å². The molecule has 0 spiro atoms. The van der Waals surface area contributed by atoms with E-state index in [1.165, 1.54) is 17.3 Å². The minimum atomic E-state index is -0.528. The lowest BCUT2D eigenvalue weighted by molar-refractivity contribution is 0.0571. The van der Waals surface area contributed by atoms with Crippen LogP contribution in [0.3, 0.4) is 0 Å². The van der Waals surface area contributed by atoms with Crippen LogP contribution >= 0.6 is 0 Å². The average molecular weight is 368 g/mol. The molecule has 2 atom stereocenters. The first-order valence-corrected chi connectivity index (χ1v) is 9.91. The van der Waals surface area contributed by atoms with Gasteiger partial charge in [0.1, 0.15) is 11.6 Å². The van der Waals surface area contributed by atoms with Gasteiger partial charge in [-0.2, -0.15) is 0 Å². The summed E-state index contributed by atoms with van der Waals surface area (Å²) in [5, 5.41) is 10.7. The first kappa shape index (κ1) is 17.0.